The molecule has 0 fully saturated rings. The van der Waals surface area contributed by atoms with Crippen molar-refractivity contribution in [3.05, 3.63) is 28.2 Å². The SMILES string of the molecule is COC[C@@H](C)NC(=S)N/N=C(/C)c1ccc(OC)c(Br)c1. The van der Waals surface area contributed by atoms with Crippen molar-refractivity contribution >= 4 is 39.0 Å². The van der Waals surface area contributed by atoms with E-state index in [9.17, 15) is 0 Å². The van der Waals surface area contributed by atoms with Crippen molar-refractivity contribution in [3.8, 4) is 5.75 Å². The average Bonchev–Trinajstić information content (AvgIpc) is 2.44. The molecule has 7 heteroatoms. The number of nitrogens with zero attached hydrogens (tertiary/aromatic N) is 1. The maximum Gasteiger partial charge on any atom is 0.187 e. The monoisotopic (exact) mass is 373 g/mol. The van der Waals surface area contributed by atoms with Crippen molar-refractivity contribution in [2.45, 2.75) is 19.9 Å². The summed E-state index contributed by atoms with van der Waals surface area (Å²) in [6.07, 6.45) is 0. The fraction of sp³-hybridized carbons (Fsp3) is 0.429. The summed E-state index contributed by atoms with van der Waals surface area (Å²) >= 11 is 8.62. The van der Waals surface area contributed by atoms with Crippen molar-refractivity contribution in [1.82, 2.24) is 10.7 Å². The molecule has 0 spiro atoms. The Balaban J connectivity index is 2.64. The van der Waals surface area contributed by atoms with Crippen LogP contribution >= 0.6 is 28.1 Å². The van der Waals surface area contributed by atoms with Crippen LogP contribution in [0.1, 0.15) is 19.4 Å². The highest BCUT2D eigenvalue weighted by Crippen LogP contribution is 2.25. The van der Waals surface area contributed by atoms with Crippen molar-refractivity contribution < 1.29 is 9.47 Å². The van der Waals surface area contributed by atoms with Gasteiger partial charge in [-0.2, -0.15) is 5.10 Å². The van der Waals surface area contributed by atoms with E-state index in [0.717, 1.165) is 21.5 Å². The first-order chi connectivity index (χ1) is 9.97. The van der Waals surface area contributed by atoms with E-state index >= 15 is 0 Å². The molecule has 0 saturated carbocycles. The van der Waals surface area contributed by atoms with Gasteiger partial charge in [-0.05, 0) is 65.8 Å². The third kappa shape index (κ3) is 5.99. The van der Waals surface area contributed by atoms with Crippen molar-refractivity contribution in [1.29, 1.82) is 0 Å². The van der Waals surface area contributed by atoms with Gasteiger partial charge in [-0.1, -0.05) is 0 Å². The van der Waals surface area contributed by atoms with Crippen LogP contribution in [-0.2, 0) is 4.74 Å². The van der Waals surface area contributed by atoms with Gasteiger partial charge in [0.25, 0.3) is 0 Å². The molecule has 21 heavy (non-hydrogen) atoms. The molecule has 0 aliphatic carbocycles. The van der Waals surface area contributed by atoms with Gasteiger partial charge in [0.05, 0.1) is 23.9 Å². The third-order valence-corrected chi connectivity index (χ3v) is 3.52. The Kier molecular flexibility index (Phi) is 7.63. The average molecular weight is 374 g/mol. The second-order valence-corrected chi connectivity index (χ2v) is 5.75. The van der Waals surface area contributed by atoms with Gasteiger partial charge in [-0.15, -0.1) is 0 Å². The maximum absolute atomic E-state index is 5.20. The summed E-state index contributed by atoms with van der Waals surface area (Å²) in [6, 6.07) is 5.90. The number of methoxy groups -OCH3 is 2. The van der Waals surface area contributed by atoms with Crippen LogP contribution in [0.25, 0.3) is 0 Å². The number of hydrogen-bond acceptors (Lipinski definition) is 4. The topological polar surface area (TPSA) is 54.9 Å². The fourth-order valence-corrected chi connectivity index (χ4v) is 2.43. The molecule has 2 N–H and O–H groups in total. The molecule has 0 radical (unpaired) electrons. The van der Waals surface area contributed by atoms with E-state index in [4.69, 9.17) is 21.7 Å². The minimum absolute atomic E-state index is 0.126. The molecule has 0 bridgehead atoms. The summed E-state index contributed by atoms with van der Waals surface area (Å²) in [5, 5.41) is 7.81. The molecule has 1 atom stereocenters. The number of hydrogen-bond donors (Lipinski definition) is 2. The van der Waals surface area contributed by atoms with Crippen LogP contribution in [0.3, 0.4) is 0 Å². The zero-order valence-corrected chi connectivity index (χ0v) is 15.0. The summed E-state index contributed by atoms with van der Waals surface area (Å²) in [4.78, 5) is 0. The lowest BCUT2D eigenvalue weighted by Gasteiger charge is -2.14. The van der Waals surface area contributed by atoms with Crippen LogP contribution in [-0.4, -0.2) is 37.7 Å². The van der Waals surface area contributed by atoms with Gasteiger partial charge in [0.2, 0.25) is 0 Å². The van der Waals surface area contributed by atoms with Crippen LogP contribution < -0.4 is 15.5 Å². The highest BCUT2D eigenvalue weighted by Gasteiger charge is 2.05. The van der Waals surface area contributed by atoms with Gasteiger partial charge < -0.3 is 14.8 Å². The molecular weight excluding hydrogens is 354 g/mol. The minimum Gasteiger partial charge on any atom is -0.496 e. The standard InChI is InChI=1S/C14H20BrN3O2S/c1-9(8-19-3)16-14(21)18-17-10(2)11-5-6-13(20-4)12(15)7-11/h5-7,9H,8H2,1-4H3,(H2,16,18,21)/b17-10-/t9-/m1/s1. The van der Waals surface area contributed by atoms with Gasteiger partial charge in [0.15, 0.2) is 5.11 Å². The molecule has 1 rings (SSSR count). The Labute approximate surface area is 139 Å². The number of halogens is 1. The molecular formula is C14H20BrN3O2S. The molecule has 0 heterocycles. The minimum atomic E-state index is 0.126. The van der Waals surface area contributed by atoms with Gasteiger partial charge in [-0.3, -0.25) is 5.43 Å². The lowest BCUT2D eigenvalue weighted by Crippen LogP contribution is -2.40. The van der Waals surface area contributed by atoms with Crippen LogP contribution in [0.2, 0.25) is 0 Å². The Hall–Kier alpha value is -1.18. The smallest absolute Gasteiger partial charge is 0.187 e. The molecule has 0 aliphatic heterocycles. The largest absolute Gasteiger partial charge is 0.496 e. The first kappa shape index (κ1) is 17.9. The maximum atomic E-state index is 5.20. The summed E-state index contributed by atoms with van der Waals surface area (Å²) in [5.41, 5.74) is 4.62. The Bertz CT molecular complexity index is 523. The van der Waals surface area contributed by atoms with Gasteiger partial charge in [-0.25, -0.2) is 0 Å². The molecule has 0 aromatic heterocycles. The van der Waals surface area contributed by atoms with E-state index in [1.807, 2.05) is 32.0 Å². The molecule has 0 amide bonds. The van der Waals surface area contributed by atoms with E-state index in [1.165, 1.54) is 0 Å². The second kappa shape index (κ2) is 8.96. The van der Waals surface area contributed by atoms with Crippen LogP contribution in [0.4, 0.5) is 0 Å². The van der Waals surface area contributed by atoms with Crippen LogP contribution in [0, 0.1) is 0 Å². The number of thiocarbonyl (C=S) groups is 1. The van der Waals surface area contributed by atoms with Gasteiger partial charge in [0, 0.05) is 13.2 Å². The first-order valence-corrected chi connectivity index (χ1v) is 7.61. The Morgan fingerprint density at radius 3 is 2.71 bits per heavy atom. The van der Waals surface area contributed by atoms with Crippen molar-refractivity contribution in [3.63, 3.8) is 0 Å². The van der Waals surface area contributed by atoms with E-state index in [-0.39, 0.29) is 6.04 Å². The Morgan fingerprint density at radius 2 is 2.14 bits per heavy atom. The third-order valence-electron chi connectivity index (χ3n) is 2.69. The summed E-state index contributed by atoms with van der Waals surface area (Å²) in [6.45, 7) is 4.47. The zero-order valence-electron chi connectivity index (χ0n) is 12.6. The number of rotatable bonds is 6. The predicted molar refractivity (Wildman–Crippen MR) is 93.1 cm³/mol. The van der Waals surface area contributed by atoms with Crippen molar-refractivity contribution in [2.75, 3.05) is 20.8 Å². The number of benzene rings is 1. The van der Waals surface area contributed by atoms with Crippen LogP contribution in [0.5, 0.6) is 5.75 Å². The highest BCUT2D eigenvalue weighted by atomic mass is 79.9. The fourth-order valence-electron chi connectivity index (χ4n) is 1.64. The summed E-state index contributed by atoms with van der Waals surface area (Å²) in [5.74, 6) is 0.782. The van der Waals surface area contributed by atoms with E-state index in [1.54, 1.807) is 14.2 Å². The van der Waals surface area contributed by atoms with Gasteiger partial charge in [0.1, 0.15) is 5.75 Å². The van der Waals surface area contributed by atoms with E-state index < -0.39 is 0 Å². The number of hydrazone groups is 1. The summed E-state index contributed by atoms with van der Waals surface area (Å²) < 4.78 is 11.1. The molecule has 1 aromatic rings. The molecule has 5 nitrogen and oxygen atoms in total. The number of ether oxygens (including phenoxy) is 2. The first-order valence-electron chi connectivity index (χ1n) is 6.41. The lowest BCUT2D eigenvalue weighted by molar-refractivity contribution is 0.179. The predicted octanol–water partition coefficient (Wildman–Crippen LogP) is 2.68. The zero-order chi connectivity index (χ0) is 15.8. The summed E-state index contributed by atoms with van der Waals surface area (Å²) in [7, 11) is 3.28. The quantitative estimate of drug-likeness (QED) is 0.456. The molecule has 0 aliphatic rings. The van der Waals surface area contributed by atoms with E-state index in [0.29, 0.717) is 11.7 Å². The highest BCUT2D eigenvalue weighted by molar-refractivity contribution is 9.10. The molecule has 0 unspecified atom stereocenters. The number of nitrogens with one attached hydrogen (secondary N) is 2. The Morgan fingerprint density at radius 1 is 1.43 bits per heavy atom. The van der Waals surface area contributed by atoms with Gasteiger partial charge >= 0.3 is 0 Å². The second-order valence-electron chi connectivity index (χ2n) is 4.49. The normalized spacial score (nSPS) is 12.7. The molecule has 0 saturated heterocycles. The van der Waals surface area contributed by atoms with E-state index in [2.05, 4.69) is 31.8 Å². The molecule has 1 aromatic carbocycles. The molecule has 116 valence electrons. The lowest BCUT2D eigenvalue weighted by atomic mass is 10.1. The van der Waals surface area contributed by atoms with Crippen molar-refractivity contribution in [2.24, 2.45) is 5.10 Å². The van der Waals surface area contributed by atoms with Crippen LogP contribution in [0.15, 0.2) is 27.8 Å².